The van der Waals surface area contributed by atoms with Gasteiger partial charge in [0.1, 0.15) is 11.3 Å². The molecule has 0 aliphatic carbocycles. The van der Waals surface area contributed by atoms with Crippen molar-refractivity contribution < 1.29 is 18.7 Å². The molecule has 2 aromatic heterocycles. The van der Waals surface area contributed by atoms with Crippen molar-refractivity contribution >= 4 is 22.8 Å². The molecule has 1 amide bonds. The minimum atomic E-state index is -0.641. The van der Waals surface area contributed by atoms with Crippen LogP contribution in [0.5, 0.6) is 0 Å². The second-order valence-corrected chi connectivity index (χ2v) is 6.32. The predicted molar refractivity (Wildman–Crippen MR) is 88.7 cm³/mol. The third-order valence-electron chi connectivity index (χ3n) is 4.72. The summed E-state index contributed by atoms with van der Waals surface area (Å²) in [4.78, 5) is 27.7. The standard InChI is InChI=1S/C18H17N3O4/c1-24-17(22)5-3-12-6-10-9-19-15(8-16(10)25-12)18(23)21-14-7-11-2-4-13(14)20-11/h6,8-9,11,13-14,20H,2,4,7H2,1H3,(H,21,23)/t11-,13+,14-/m1/s1. The van der Waals surface area contributed by atoms with Gasteiger partial charge in [-0.05, 0) is 25.2 Å². The average molecular weight is 339 g/mol. The van der Waals surface area contributed by atoms with Gasteiger partial charge >= 0.3 is 5.97 Å². The molecular formula is C18H17N3O4. The fraction of sp³-hybridized carbons (Fsp3) is 0.389. The Hall–Kier alpha value is -2.85. The fourth-order valence-corrected chi connectivity index (χ4v) is 3.51. The first-order valence-electron chi connectivity index (χ1n) is 8.19. The van der Waals surface area contributed by atoms with Gasteiger partial charge in [0.2, 0.25) is 0 Å². The van der Waals surface area contributed by atoms with Crippen molar-refractivity contribution in [3.63, 3.8) is 0 Å². The van der Waals surface area contributed by atoms with Crippen LogP contribution in [-0.4, -0.2) is 42.1 Å². The molecule has 7 nitrogen and oxygen atoms in total. The van der Waals surface area contributed by atoms with Crippen molar-refractivity contribution in [2.24, 2.45) is 0 Å². The monoisotopic (exact) mass is 339 g/mol. The van der Waals surface area contributed by atoms with Crippen LogP contribution in [-0.2, 0) is 9.53 Å². The average Bonchev–Trinajstić information content (AvgIpc) is 3.33. The Morgan fingerprint density at radius 2 is 2.28 bits per heavy atom. The van der Waals surface area contributed by atoms with E-state index in [9.17, 15) is 9.59 Å². The maximum absolute atomic E-state index is 12.4. The maximum Gasteiger partial charge on any atom is 0.384 e. The molecule has 2 bridgehead atoms. The molecule has 0 saturated carbocycles. The number of pyridine rings is 1. The van der Waals surface area contributed by atoms with Gasteiger partial charge in [0.05, 0.1) is 7.11 Å². The summed E-state index contributed by atoms with van der Waals surface area (Å²) in [6, 6.07) is 4.30. The van der Waals surface area contributed by atoms with Gasteiger partial charge in [-0.1, -0.05) is 0 Å². The Labute approximate surface area is 144 Å². The zero-order valence-corrected chi connectivity index (χ0v) is 13.7. The molecule has 2 aromatic rings. The molecule has 2 aliphatic rings. The van der Waals surface area contributed by atoms with E-state index in [2.05, 4.69) is 32.2 Å². The summed E-state index contributed by atoms with van der Waals surface area (Å²) in [6.07, 6.45) is 4.81. The number of hydrogen-bond donors (Lipinski definition) is 2. The highest BCUT2D eigenvalue weighted by Crippen LogP contribution is 2.28. The molecule has 2 aliphatic heterocycles. The lowest BCUT2D eigenvalue weighted by Crippen LogP contribution is -2.43. The maximum atomic E-state index is 12.4. The van der Waals surface area contributed by atoms with Crippen LogP contribution in [0, 0.1) is 11.8 Å². The Morgan fingerprint density at radius 1 is 1.40 bits per heavy atom. The van der Waals surface area contributed by atoms with Crippen LogP contribution in [0.4, 0.5) is 0 Å². The normalized spacial score (nSPS) is 24.0. The Kier molecular flexibility index (Phi) is 3.90. The van der Waals surface area contributed by atoms with Crippen molar-refractivity contribution in [2.45, 2.75) is 37.4 Å². The highest BCUT2D eigenvalue weighted by atomic mass is 16.5. The Bertz CT molecular complexity index is 908. The van der Waals surface area contributed by atoms with E-state index in [1.54, 1.807) is 18.3 Å². The fourth-order valence-electron chi connectivity index (χ4n) is 3.51. The highest BCUT2D eigenvalue weighted by Gasteiger charge is 2.39. The van der Waals surface area contributed by atoms with E-state index in [0.29, 0.717) is 34.5 Å². The number of methoxy groups -OCH3 is 1. The van der Waals surface area contributed by atoms with E-state index >= 15 is 0 Å². The topological polar surface area (TPSA) is 93.5 Å². The lowest BCUT2D eigenvalue weighted by atomic mass is 9.95. The first-order valence-corrected chi connectivity index (χ1v) is 8.19. The van der Waals surface area contributed by atoms with Crippen LogP contribution in [0.3, 0.4) is 0 Å². The summed E-state index contributed by atoms with van der Waals surface area (Å²) in [6.45, 7) is 0. The van der Waals surface area contributed by atoms with Crippen LogP contribution in [0.2, 0.25) is 0 Å². The number of carbonyl (C=O) groups excluding carboxylic acids is 2. The van der Waals surface area contributed by atoms with Gasteiger partial charge in [-0.15, -0.1) is 0 Å². The van der Waals surface area contributed by atoms with E-state index in [-0.39, 0.29) is 11.9 Å². The molecule has 25 heavy (non-hydrogen) atoms. The number of fused-ring (bicyclic) bond motifs is 3. The first-order chi connectivity index (χ1) is 12.1. The number of nitrogens with zero attached hydrogens (tertiary/aromatic N) is 1. The quantitative estimate of drug-likeness (QED) is 0.626. The molecule has 2 saturated heterocycles. The van der Waals surface area contributed by atoms with Crippen LogP contribution < -0.4 is 10.6 Å². The predicted octanol–water partition coefficient (Wildman–Crippen LogP) is 0.975. The summed E-state index contributed by atoms with van der Waals surface area (Å²) in [5, 5.41) is 7.26. The number of carbonyl (C=O) groups is 2. The highest BCUT2D eigenvalue weighted by molar-refractivity contribution is 5.95. The second kappa shape index (κ2) is 6.22. The summed E-state index contributed by atoms with van der Waals surface area (Å²) in [5.74, 6) is 4.35. The van der Waals surface area contributed by atoms with Gasteiger partial charge in [0.15, 0.2) is 5.76 Å². The van der Waals surface area contributed by atoms with Crippen LogP contribution >= 0.6 is 0 Å². The molecule has 0 radical (unpaired) electrons. The molecule has 3 atom stereocenters. The number of esters is 1. The van der Waals surface area contributed by atoms with E-state index in [4.69, 9.17) is 4.42 Å². The summed E-state index contributed by atoms with van der Waals surface area (Å²) in [5.41, 5.74) is 0.803. The summed E-state index contributed by atoms with van der Waals surface area (Å²) in [7, 11) is 1.26. The van der Waals surface area contributed by atoms with Gasteiger partial charge in [-0.3, -0.25) is 9.78 Å². The number of amides is 1. The largest absolute Gasteiger partial charge is 0.459 e. The molecule has 2 N–H and O–H groups in total. The molecular weight excluding hydrogens is 322 g/mol. The van der Waals surface area contributed by atoms with Gasteiger partial charge in [0, 0.05) is 47.8 Å². The Morgan fingerprint density at radius 3 is 3.00 bits per heavy atom. The minimum Gasteiger partial charge on any atom is -0.459 e. The molecule has 0 aromatic carbocycles. The number of ether oxygens (including phenoxy) is 1. The molecule has 7 heteroatoms. The summed E-state index contributed by atoms with van der Waals surface area (Å²) >= 11 is 0. The van der Waals surface area contributed by atoms with Crippen LogP contribution in [0.15, 0.2) is 22.7 Å². The number of rotatable bonds is 2. The smallest absolute Gasteiger partial charge is 0.384 e. The number of furan rings is 1. The molecule has 2 fully saturated rings. The van der Waals surface area contributed by atoms with Gasteiger partial charge in [-0.25, -0.2) is 4.79 Å². The third-order valence-corrected chi connectivity index (χ3v) is 4.72. The van der Waals surface area contributed by atoms with Crippen LogP contribution in [0.1, 0.15) is 35.5 Å². The molecule has 0 unspecified atom stereocenters. The lowest BCUT2D eigenvalue weighted by Gasteiger charge is -2.21. The lowest BCUT2D eigenvalue weighted by molar-refractivity contribution is -0.133. The summed E-state index contributed by atoms with van der Waals surface area (Å²) < 4.78 is 10.0. The molecule has 4 heterocycles. The SMILES string of the molecule is COC(=O)C#Cc1cc2cnc(C(=O)N[C@@H]3C[C@H]4CC[C@@H]3N4)cc2o1. The van der Waals surface area contributed by atoms with Crippen molar-refractivity contribution in [3.8, 4) is 11.8 Å². The number of hydrogen-bond acceptors (Lipinski definition) is 6. The van der Waals surface area contributed by atoms with Crippen molar-refractivity contribution in [1.29, 1.82) is 0 Å². The zero-order valence-electron chi connectivity index (χ0n) is 13.7. The van der Waals surface area contributed by atoms with E-state index < -0.39 is 5.97 Å². The van der Waals surface area contributed by atoms with Crippen molar-refractivity contribution in [1.82, 2.24) is 15.6 Å². The van der Waals surface area contributed by atoms with E-state index in [1.807, 2.05) is 0 Å². The third kappa shape index (κ3) is 3.08. The van der Waals surface area contributed by atoms with Gasteiger partial charge in [0.25, 0.3) is 5.91 Å². The van der Waals surface area contributed by atoms with E-state index in [0.717, 1.165) is 12.8 Å². The molecule has 4 rings (SSSR count). The minimum absolute atomic E-state index is 0.154. The molecule has 0 spiro atoms. The van der Waals surface area contributed by atoms with Gasteiger partial charge < -0.3 is 19.8 Å². The number of aromatic nitrogens is 1. The van der Waals surface area contributed by atoms with Crippen molar-refractivity contribution in [3.05, 3.63) is 29.8 Å². The number of nitrogens with one attached hydrogen (secondary N) is 2. The van der Waals surface area contributed by atoms with Gasteiger partial charge in [-0.2, -0.15) is 0 Å². The molecule has 128 valence electrons. The van der Waals surface area contributed by atoms with Crippen LogP contribution in [0.25, 0.3) is 11.0 Å². The first kappa shape index (κ1) is 15.7. The second-order valence-electron chi connectivity index (χ2n) is 6.32. The van der Waals surface area contributed by atoms with E-state index in [1.165, 1.54) is 13.5 Å². The zero-order chi connectivity index (χ0) is 17.4. The Balaban J connectivity index is 1.51. The van der Waals surface area contributed by atoms with Crippen molar-refractivity contribution in [2.75, 3.05) is 7.11 Å².